The zero-order valence-electron chi connectivity index (χ0n) is 10.3. The first kappa shape index (κ1) is 14.2. The van der Waals surface area contributed by atoms with E-state index in [-0.39, 0.29) is 30.3 Å². The Morgan fingerprint density at radius 2 is 2.05 bits per heavy atom. The quantitative estimate of drug-likeness (QED) is 0.908. The topological polar surface area (TPSA) is 46.3 Å². The smallest absolute Gasteiger partial charge is 0.253 e. The summed E-state index contributed by atoms with van der Waals surface area (Å²) in [7, 11) is 0. The molecule has 1 saturated heterocycles. The number of rotatable bonds is 2. The lowest BCUT2D eigenvalue weighted by atomic mass is 9.93. The van der Waals surface area contributed by atoms with E-state index < -0.39 is 11.5 Å². The van der Waals surface area contributed by atoms with Gasteiger partial charge in [-0.25, -0.2) is 8.78 Å². The van der Waals surface area contributed by atoms with E-state index in [1.54, 1.807) is 0 Å². The van der Waals surface area contributed by atoms with E-state index in [9.17, 15) is 13.6 Å². The number of nitrogens with two attached hydrogens (primary N) is 1. The van der Waals surface area contributed by atoms with Crippen LogP contribution in [0.2, 0.25) is 5.02 Å². The Labute approximate surface area is 115 Å². The molecule has 1 heterocycles. The number of likely N-dealkylation sites (tertiary alicyclic amines) is 1. The van der Waals surface area contributed by atoms with Gasteiger partial charge in [-0.3, -0.25) is 4.79 Å². The number of hydrogen-bond donors (Lipinski definition) is 1. The number of piperidine rings is 1. The van der Waals surface area contributed by atoms with Crippen molar-refractivity contribution in [3.8, 4) is 0 Å². The van der Waals surface area contributed by atoms with Gasteiger partial charge in [0.25, 0.3) is 5.91 Å². The zero-order valence-corrected chi connectivity index (χ0v) is 11.1. The second-order valence-corrected chi connectivity index (χ2v) is 5.18. The van der Waals surface area contributed by atoms with E-state index in [4.69, 9.17) is 17.3 Å². The first-order valence-corrected chi connectivity index (χ1v) is 6.46. The monoisotopic (exact) mass is 288 g/mol. The Hall–Kier alpha value is -1.20. The molecule has 0 aliphatic carbocycles. The molecular weight excluding hydrogens is 274 g/mol. The van der Waals surface area contributed by atoms with Gasteiger partial charge in [0, 0.05) is 38.0 Å². The highest BCUT2D eigenvalue weighted by atomic mass is 35.5. The van der Waals surface area contributed by atoms with Crippen molar-refractivity contribution in [3.05, 3.63) is 34.6 Å². The molecular formula is C13H15ClF2N2O. The molecule has 1 aliphatic rings. The molecule has 0 bridgehead atoms. The minimum absolute atomic E-state index is 0.0304. The maximum atomic E-state index is 13.9. The number of hydrogen-bond acceptors (Lipinski definition) is 2. The maximum Gasteiger partial charge on any atom is 0.253 e. The van der Waals surface area contributed by atoms with Gasteiger partial charge in [-0.1, -0.05) is 11.6 Å². The van der Waals surface area contributed by atoms with Crippen molar-refractivity contribution in [2.75, 3.05) is 19.6 Å². The van der Waals surface area contributed by atoms with Crippen LogP contribution in [-0.2, 0) is 0 Å². The van der Waals surface area contributed by atoms with E-state index >= 15 is 0 Å². The number of carbonyl (C=O) groups is 1. The highest BCUT2D eigenvalue weighted by Crippen LogP contribution is 2.26. The van der Waals surface area contributed by atoms with E-state index in [1.165, 1.54) is 17.0 Å². The lowest BCUT2D eigenvalue weighted by Crippen LogP contribution is -2.47. The van der Waals surface area contributed by atoms with Crippen molar-refractivity contribution in [3.63, 3.8) is 0 Å². The van der Waals surface area contributed by atoms with Gasteiger partial charge in [0.05, 0.1) is 5.02 Å². The Balaban J connectivity index is 2.07. The lowest BCUT2D eigenvalue weighted by Gasteiger charge is -2.35. The van der Waals surface area contributed by atoms with Crippen molar-refractivity contribution in [2.45, 2.75) is 18.5 Å². The number of benzene rings is 1. The van der Waals surface area contributed by atoms with Gasteiger partial charge in [-0.15, -0.1) is 0 Å². The number of alkyl halides is 1. The second-order valence-electron chi connectivity index (χ2n) is 4.78. The Kier molecular flexibility index (Phi) is 4.06. The van der Waals surface area contributed by atoms with Gasteiger partial charge in [0.2, 0.25) is 0 Å². The van der Waals surface area contributed by atoms with Gasteiger partial charge in [-0.2, -0.15) is 0 Å². The van der Waals surface area contributed by atoms with Crippen molar-refractivity contribution in [1.82, 2.24) is 4.90 Å². The molecule has 1 amide bonds. The van der Waals surface area contributed by atoms with E-state index in [1.807, 2.05) is 0 Å². The number of carbonyl (C=O) groups excluding carboxylic acids is 1. The molecule has 2 rings (SSSR count). The van der Waals surface area contributed by atoms with E-state index in [0.29, 0.717) is 18.7 Å². The van der Waals surface area contributed by atoms with Crippen LogP contribution in [0.3, 0.4) is 0 Å². The van der Waals surface area contributed by atoms with Crippen LogP contribution in [0, 0.1) is 5.82 Å². The summed E-state index contributed by atoms with van der Waals surface area (Å²) in [5.74, 6) is -0.830. The molecule has 0 spiro atoms. The summed E-state index contributed by atoms with van der Waals surface area (Å²) in [6.45, 7) is 0.584. The molecule has 2 N–H and O–H groups in total. The van der Waals surface area contributed by atoms with Crippen LogP contribution in [0.25, 0.3) is 0 Å². The molecule has 0 unspecified atom stereocenters. The minimum Gasteiger partial charge on any atom is -0.338 e. The Bertz CT molecular complexity index is 488. The number of halogens is 3. The molecule has 1 aliphatic heterocycles. The molecule has 0 aromatic heterocycles. The summed E-state index contributed by atoms with van der Waals surface area (Å²) >= 11 is 5.64. The first-order valence-electron chi connectivity index (χ1n) is 6.08. The van der Waals surface area contributed by atoms with Gasteiger partial charge in [0.15, 0.2) is 0 Å². The lowest BCUT2D eigenvalue weighted by molar-refractivity contribution is 0.0469. The third kappa shape index (κ3) is 3.04. The summed E-state index contributed by atoms with van der Waals surface area (Å²) < 4.78 is 27.0. The average molecular weight is 289 g/mol. The first-order chi connectivity index (χ1) is 8.95. The van der Waals surface area contributed by atoms with Crippen molar-refractivity contribution < 1.29 is 13.6 Å². The van der Waals surface area contributed by atoms with Gasteiger partial charge < -0.3 is 10.6 Å². The average Bonchev–Trinajstić information content (AvgIpc) is 2.42. The largest absolute Gasteiger partial charge is 0.338 e. The van der Waals surface area contributed by atoms with Crippen LogP contribution < -0.4 is 5.73 Å². The van der Waals surface area contributed by atoms with Crippen molar-refractivity contribution >= 4 is 17.5 Å². The summed E-state index contributed by atoms with van der Waals surface area (Å²) in [6.07, 6.45) is 0.453. The third-order valence-corrected chi connectivity index (χ3v) is 3.77. The summed E-state index contributed by atoms with van der Waals surface area (Å²) in [5, 5.41) is -0.0929. The maximum absolute atomic E-state index is 13.9. The SMILES string of the molecule is NCC1(F)CCN(C(=O)c2ccc(F)c(Cl)c2)CC1. The molecule has 1 aromatic carbocycles. The fourth-order valence-corrected chi connectivity index (χ4v) is 2.31. The fraction of sp³-hybridized carbons (Fsp3) is 0.462. The molecule has 0 radical (unpaired) electrons. The molecule has 19 heavy (non-hydrogen) atoms. The molecule has 0 atom stereocenters. The number of amides is 1. The Morgan fingerprint density at radius 3 is 2.58 bits per heavy atom. The molecule has 1 aromatic rings. The van der Waals surface area contributed by atoms with Gasteiger partial charge >= 0.3 is 0 Å². The fourth-order valence-electron chi connectivity index (χ4n) is 2.13. The highest BCUT2D eigenvalue weighted by molar-refractivity contribution is 6.31. The molecule has 6 heteroatoms. The second kappa shape index (κ2) is 5.43. The predicted octanol–water partition coefficient (Wildman–Crippen LogP) is 2.38. The highest BCUT2D eigenvalue weighted by Gasteiger charge is 2.34. The van der Waals surface area contributed by atoms with Crippen LogP contribution in [-0.4, -0.2) is 36.1 Å². The number of nitrogens with zero attached hydrogens (tertiary/aromatic N) is 1. The van der Waals surface area contributed by atoms with Gasteiger partial charge in [0.1, 0.15) is 11.5 Å². The zero-order chi connectivity index (χ0) is 14.0. The standard InChI is InChI=1S/C13H15ClF2N2O/c14-10-7-9(1-2-11(10)15)12(19)18-5-3-13(16,8-17)4-6-18/h1-2,7H,3-6,8,17H2. The van der Waals surface area contributed by atoms with Crippen LogP contribution in [0.15, 0.2) is 18.2 Å². The summed E-state index contributed by atoms with van der Waals surface area (Å²) in [6, 6.07) is 3.82. The predicted molar refractivity (Wildman–Crippen MR) is 69.4 cm³/mol. The molecule has 1 fully saturated rings. The van der Waals surface area contributed by atoms with Crippen molar-refractivity contribution in [2.24, 2.45) is 5.73 Å². The summed E-state index contributed by atoms with van der Waals surface area (Å²) in [5.41, 5.74) is 4.30. The van der Waals surface area contributed by atoms with Crippen LogP contribution in [0.4, 0.5) is 8.78 Å². The molecule has 0 saturated carbocycles. The molecule has 3 nitrogen and oxygen atoms in total. The van der Waals surface area contributed by atoms with Crippen LogP contribution in [0.1, 0.15) is 23.2 Å². The van der Waals surface area contributed by atoms with E-state index in [0.717, 1.165) is 6.07 Å². The normalized spacial score (nSPS) is 18.4. The third-order valence-electron chi connectivity index (χ3n) is 3.48. The van der Waals surface area contributed by atoms with Crippen molar-refractivity contribution in [1.29, 1.82) is 0 Å². The minimum atomic E-state index is -1.38. The molecule has 104 valence electrons. The van der Waals surface area contributed by atoms with Gasteiger partial charge in [-0.05, 0) is 18.2 Å². The Morgan fingerprint density at radius 1 is 1.42 bits per heavy atom. The van der Waals surface area contributed by atoms with Crippen LogP contribution in [0.5, 0.6) is 0 Å². The van der Waals surface area contributed by atoms with E-state index in [2.05, 4.69) is 0 Å². The summed E-state index contributed by atoms with van der Waals surface area (Å²) in [4.78, 5) is 13.7. The van der Waals surface area contributed by atoms with Crippen LogP contribution >= 0.6 is 11.6 Å².